The molecule has 0 aromatic carbocycles. The van der Waals surface area contributed by atoms with Crippen molar-refractivity contribution in [3.63, 3.8) is 0 Å². The lowest BCUT2D eigenvalue weighted by atomic mass is 10.3. The van der Waals surface area contributed by atoms with Crippen LogP contribution in [0.2, 0.25) is 0 Å². The van der Waals surface area contributed by atoms with Gasteiger partial charge in [-0.15, -0.1) is 0 Å². The quantitative estimate of drug-likeness (QED) is 0.811. The number of nitrogens with zero attached hydrogens (tertiary/aromatic N) is 1. The van der Waals surface area contributed by atoms with E-state index < -0.39 is 9.84 Å². The monoisotopic (exact) mass is 224 g/mol. The third-order valence-electron chi connectivity index (χ3n) is 2.20. The lowest BCUT2D eigenvalue weighted by Gasteiger charge is -2.08. The van der Waals surface area contributed by atoms with Gasteiger partial charge in [-0.25, -0.2) is 8.42 Å². The summed E-state index contributed by atoms with van der Waals surface area (Å²) < 4.78 is 22.2. The predicted molar refractivity (Wildman–Crippen MR) is 57.8 cm³/mol. The van der Waals surface area contributed by atoms with Crippen molar-refractivity contribution < 1.29 is 8.42 Å². The summed E-state index contributed by atoms with van der Waals surface area (Å²) in [5.74, 6) is 0.153. The van der Waals surface area contributed by atoms with Gasteiger partial charge in [-0.2, -0.15) is 0 Å². The Labute approximate surface area is 89.0 Å². The van der Waals surface area contributed by atoms with Crippen LogP contribution in [0, 0.1) is 0 Å². The molecule has 1 unspecified atom stereocenters. The van der Waals surface area contributed by atoms with E-state index in [0.29, 0.717) is 6.54 Å². The predicted octanol–water partition coefficient (Wildman–Crippen LogP) is 0.482. The summed E-state index contributed by atoms with van der Waals surface area (Å²) in [4.78, 5) is 4.14. The van der Waals surface area contributed by atoms with Gasteiger partial charge in [0.25, 0.3) is 0 Å². The van der Waals surface area contributed by atoms with E-state index >= 15 is 0 Å². The van der Waals surface area contributed by atoms with E-state index in [4.69, 9.17) is 0 Å². The van der Waals surface area contributed by atoms with Gasteiger partial charge in [0.2, 0.25) is 0 Å². The third-order valence-corrected chi connectivity index (χ3v) is 3.60. The molecule has 80 valence electrons. The molecule has 0 fully saturated rings. The van der Waals surface area contributed by atoms with Gasteiger partial charge in [0.15, 0.2) is 9.84 Å². The molecule has 0 aliphatic carbocycles. The van der Waals surface area contributed by atoms with E-state index in [-0.39, 0.29) is 11.8 Å². The van der Waals surface area contributed by atoms with E-state index in [9.17, 15) is 8.42 Å². The lowest BCUT2D eigenvalue weighted by Crippen LogP contribution is -2.29. The largest absolute Gasteiger partial charge is 0.304 e. The highest BCUT2D eigenvalue weighted by Crippen LogP contribution is 2.08. The summed E-state index contributed by atoms with van der Waals surface area (Å²) in [6.45, 7) is 0.589. The van der Waals surface area contributed by atoms with Crippen molar-refractivity contribution in [2.75, 3.05) is 5.75 Å². The number of aromatic nitrogens is 1. The maximum Gasteiger partial charge on any atom is 0.173 e. The van der Waals surface area contributed by atoms with Crippen LogP contribution in [0.15, 0.2) is 35.9 Å². The number of nitrogens with one attached hydrogen (secondary N) is 1. The van der Waals surface area contributed by atoms with E-state index in [0.717, 1.165) is 5.69 Å². The first-order chi connectivity index (χ1) is 7.16. The highest BCUT2D eigenvalue weighted by molar-refractivity contribution is 7.94. The summed E-state index contributed by atoms with van der Waals surface area (Å²) >= 11 is 0. The minimum Gasteiger partial charge on any atom is -0.304 e. The Bertz CT molecular complexity index is 454. The van der Waals surface area contributed by atoms with Crippen LogP contribution in [-0.4, -0.2) is 25.2 Å². The average molecular weight is 224 g/mol. The highest BCUT2D eigenvalue weighted by Gasteiger charge is 2.20. The molecule has 1 N–H and O–H groups in total. The smallest absolute Gasteiger partial charge is 0.173 e. The number of pyridine rings is 1. The Morgan fingerprint density at radius 3 is 2.93 bits per heavy atom. The first kappa shape index (κ1) is 10.3. The zero-order valence-corrected chi connectivity index (χ0v) is 8.94. The fourth-order valence-corrected chi connectivity index (χ4v) is 2.71. The van der Waals surface area contributed by atoms with Gasteiger partial charge in [-0.1, -0.05) is 12.1 Å². The molecule has 5 heteroatoms. The van der Waals surface area contributed by atoms with Gasteiger partial charge in [0.05, 0.1) is 11.4 Å². The molecule has 0 amide bonds. The number of hydrogen-bond acceptors (Lipinski definition) is 4. The number of rotatable bonds is 3. The Morgan fingerprint density at radius 1 is 1.47 bits per heavy atom. The lowest BCUT2D eigenvalue weighted by molar-refractivity contribution is 0.588. The molecule has 1 aliphatic rings. The Kier molecular flexibility index (Phi) is 2.83. The van der Waals surface area contributed by atoms with Crippen LogP contribution in [-0.2, 0) is 16.4 Å². The third kappa shape index (κ3) is 2.87. The summed E-state index contributed by atoms with van der Waals surface area (Å²) in [7, 11) is -2.96. The molecule has 0 saturated heterocycles. The van der Waals surface area contributed by atoms with Crippen molar-refractivity contribution in [3.8, 4) is 0 Å². The molecular weight excluding hydrogens is 212 g/mol. The van der Waals surface area contributed by atoms with Crippen LogP contribution < -0.4 is 5.32 Å². The van der Waals surface area contributed by atoms with Crippen molar-refractivity contribution >= 4 is 9.84 Å². The van der Waals surface area contributed by atoms with Gasteiger partial charge in [-0.05, 0) is 12.1 Å². The summed E-state index contributed by atoms with van der Waals surface area (Å²) in [6.07, 6.45) is 3.40. The molecule has 1 aromatic rings. The average Bonchev–Trinajstić information content (AvgIpc) is 2.57. The molecule has 0 spiro atoms. The Balaban J connectivity index is 1.89. The minimum absolute atomic E-state index is 0.0861. The summed E-state index contributed by atoms with van der Waals surface area (Å²) in [6, 6.07) is 5.58. The summed E-state index contributed by atoms with van der Waals surface area (Å²) in [5.41, 5.74) is 0.912. The molecular formula is C10H12N2O2S. The topological polar surface area (TPSA) is 59.1 Å². The van der Waals surface area contributed by atoms with Gasteiger partial charge < -0.3 is 5.32 Å². The fourth-order valence-electron chi connectivity index (χ4n) is 1.44. The minimum atomic E-state index is -2.96. The molecule has 2 heterocycles. The summed E-state index contributed by atoms with van der Waals surface area (Å²) in [5, 5.41) is 4.39. The molecule has 0 radical (unpaired) electrons. The molecule has 15 heavy (non-hydrogen) atoms. The highest BCUT2D eigenvalue weighted by atomic mass is 32.2. The van der Waals surface area contributed by atoms with Crippen molar-refractivity contribution in [1.29, 1.82) is 0 Å². The van der Waals surface area contributed by atoms with Gasteiger partial charge in [-0.3, -0.25) is 4.98 Å². The first-order valence-corrected chi connectivity index (χ1v) is 6.41. The maximum atomic E-state index is 11.1. The Morgan fingerprint density at radius 2 is 2.33 bits per heavy atom. The molecule has 1 aromatic heterocycles. The molecule has 1 aliphatic heterocycles. The fraction of sp³-hybridized carbons (Fsp3) is 0.300. The first-order valence-electron chi connectivity index (χ1n) is 4.70. The second-order valence-corrected chi connectivity index (χ2v) is 5.40. The zero-order chi connectivity index (χ0) is 10.7. The van der Waals surface area contributed by atoms with Crippen LogP contribution in [0.5, 0.6) is 0 Å². The van der Waals surface area contributed by atoms with Crippen molar-refractivity contribution in [3.05, 3.63) is 41.6 Å². The van der Waals surface area contributed by atoms with Crippen molar-refractivity contribution in [1.82, 2.24) is 10.3 Å². The van der Waals surface area contributed by atoms with E-state index in [1.165, 1.54) is 5.41 Å². The van der Waals surface area contributed by atoms with Crippen LogP contribution >= 0.6 is 0 Å². The molecule has 4 nitrogen and oxygen atoms in total. The van der Waals surface area contributed by atoms with Crippen LogP contribution in [0.4, 0.5) is 0 Å². The zero-order valence-electron chi connectivity index (χ0n) is 8.13. The van der Waals surface area contributed by atoms with Crippen LogP contribution in [0.3, 0.4) is 0 Å². The van der Waals surface area contributed by atoms with Gasteiger partial charge >= 0.3 is 0 Å². The van der Waals surface area contributed by atoms with Crippen LogP contribution in [0.1, 0.15) is 5.69 Å². The normalized spacial score (nSPS) is 23.1. The second-order valence-electron chi connectivity index (χ2n) is 3.47. The van der Waals surface area contributed by atoms with E-state index in [1.54, 1.807) is 12.3 Å². The Hall–Kier alpha value is -1.20. The molecule has 2 rings (SSSR count). The van der Waals surface area contributed by atoms with E-state index in [2.05, 4.69) is 10.3 Å². The molecule has 0 saturated carbocycles. The number of hydrogen-bond donors (Lipinski definition) is 1. The van der Waals surface area contributed by atoms with Gasteiger partial charge in [0, 0.05) is 24.2 Å². The van der Waals surface area contributed by atoms with Gasteiger partial charge in [0.1, 0.15) is 0 Å². The second kappa shape index (κ2) is 4.12. The number of sulfone groups is 1. The standard InChI is InChI=1S/C10H12N2O2S/c13-15(14)6-4-10(8-15)12-7-9-3-1-2-5-11-9/h1-6,10,12H,7-8H2. The molecule has 0 bridgehead atoms. The van der Waals surface area contributed by atoms with Crippen LogP contribution in [0.25, 0.3) is 0 Å². The molecule has 1 atom stereocenters. The van der Waals surface area contributed by atoms with Crippen molar-refractivity contribution in [2.24, 2.45) is 0 Å². The van der Waals surface area contributed by atoms with Crippen molar-refractivity contribution in [2.45, 2.75) is 12.6 Å². The van der Waals surface area contributed by atoms with E-state index in [1.807, 2.05) is 18.2 Å². The SMILES string of the molecule is O=S1(=O)C=CC(NCc2ccccn2)C1. The maximum absolute atomic E-state index is 11.1.